The molecule has 0 saturated heterocycles. The lowest BCUT2D eigenvalue weighted by Gasteiger charge is -1.95. The molecular formula is C8H12O. The minimum absolute atomic E-state index is 0.843. The lowest BCUT2D eigenvalue weighted by Crippen LogP contribution is -1.87. The molecule has 9 heavy (non-hydrogen) atoms. The molecule has 0 aromatic heterocycles. The fraction of sp³-hybridized carbons (Fsp3) is 0.500. The predicted octanol–water partition coefficient (Wildman–Crippen LogP) is 1.91. The van der Waals surface area contributed by atoms with Crippen LogP contribution in [-0.4, -0.2) is 13.7 Å². The summed E-state index contributed by atoms with van der Waals surface area (Å²) in [5, 5.41) is 0. The van der Waals surface area contributed by atoms with Crippen LogP contribution in [0.25, 0.3) is 0 Å². The number of allylic oxidation sites excluding steroid dienone is 3. The van der Waals surface area contributed by atoms with Crippen molar-refractivity contribution in [3.63, 3.8) is 0 Å². The molecule has 1 aliphatic rings. The standard InChI is InChI=1S/C8H12O/c1-9-7-6-8-4-2-3-5-8/h2,4-5H,3,6-7H2,1H3. The summed E-state index contributed by atoms with van der Waals surface area (Å²) in [5.41, 5.74) is 1.41. The van der Waals surface area contributed by atoms with Crippen molar-refractivity contribution in [2.24, 2.45) is 0 Å². The highest BCUT2D eigenvalue weighted by atomic mass is 16.5. The Kier molecular flexibility index (Phi) is 2.52. The first-order valence-corrected chi connectivity index (χ1v) is 3.28. The van der Waals surface area contributed by atoms with Crippen LogP contribution in [0.3, 0.4) is 0 Å². The number of hydrogen-bond donors (Lipinski definition) is 0. The van der Waals surface area contributed by atoms with Gasteiger partial charge in [0.15, 0.2) is 0 Å². The van der Waals surface area contributed by atoms with Crippen molar-refractivity contribution in [3.8, 4) is 0 Å². The number of methoxy groups -OCH3 is 1. The van der Waals surface area contributed by atoms with Gasteiger partial charge in [0.25, 0.3) is 0 Å². The predicted molar refractivity (Wildman–Crippen MR) is 38.3 cm³/mol. The van der Waals surface area contributed by atoms with Crippen molar-refractivity contribution in [3.05, 3.63) is 23.8 Å². The first kappa shape index (κ1) is 6.56. The topological polar surface area (TPSA) is 9.23 Å². The molecule has 0 aromatic carbocycles. The van der Waals surface area contributed by atoms with Gasteiger partial charge in [-0.05, 0) is 18.4 Å². The van der Waals surface area contributed by atoms with Crippen molar-refractivity contribution >= 4 is 0 Å². The van der Waals surface area contributed by atoms with E-state index in [4.69, 9.17) is 4.74 Å². The largest absolute Gasteiger partial charge is 0.384 e. The Morgan fingerprint density at radius 1 is 1.67 bits per heavy atom. The Morgan fingerprint density at radius 3 is 3.11 bits per heavy atom. The van der Waals surface area contributed by atoms with Gasteiger partial charge < -0.3 is 4.74 Å². The van der Waals surface area contributed by atoms with E-state index in [0.29, 0.717) is 0 Å². The molecule has 50 valence electrons. The fourth-order valence-electron chi connectivity index (χ4n) is 0.912. The molecule has 0 saturated carbocycles. The first-order valence-electron chi connectivity index (χ1n) is 3.28. The molecule has 0 aliphatic heterocycles. The maximum absolute atomic E-state index is 4.93. The molecule has 0 atom stereocenters. The minimum Gasteiger partial charge on any atom is -0.384 e. The van der Waals surface area contributed by atoms with Crippen LogP contribution in [0.4, 0.5) is 0 Å². The highest BCUT2D eigenvalue weighted by Crippen LogP contribution is 2.11. The minimum atomic E-state index is 0.843. The average Bonchev–Trinajstić information content (AvgIpc) is 2.34. The third-order valence-electron chi connectivity index (χ3n) is 1.44. The Morgan fingerprint density at radius 2 is 2.56 bits per heavy atom. The molecule has 0 bridgehead atoms. The highest BCUT2D eigenvalue weighted by molar-refractivity contribution is 5.25. The molecule has 0 heterocycles. The Balaban J connectivity index is 2.19. The van der Waals surface area contributed by atoms with Crippen molar-refractivity contribution < 1.29 is 4.74 Å². The molecule has 0 amide bonds. The van der Waals surface area contributed by atoms with E-state index in [1.54, 1.807) is 7.11 Å². The van der Waals surface area contributed by atoms with Crippen molar-refractivity contribution in [1.82, 2.24) is 0 Å². The fourth-order valence-corrected chi connectivity index (χ4v) is 0.912. The first-order chi connectivity index (χ1) is 4.43. The molecule has 1 rings (SSSR count). The maximum atomic E-state index is 4.93. The molecular weight excluding hydrogens is 112 g/mol. The summed E-state index contributed by atoms with van der Waals surface area (Å²) in [5.74, 6) is 0. The molecule has 0 N–H and O–H groups in total. The van der Waals surface area contributed by atoms with Gasteiger partial charge in [-0.1, -0.05) is 18.2 Å². The van der Waals surface area contributed by atoms with E-state index in [1.165, 1.54) is 5.57 Å². The van der Waals surface area contributed by atoms with Crippen LogP contribution in [0.2, 0.25) is 0 Å². The molecule has 1 nitrogen and oxygen atoms in total. The van der Waals surface area contributed by atoms with Crippen LogP contribution < -0.4 is 0 Å². The number of hydrogen-bond acceptors (Lipinski definition) is 1. The maximum Gasteiger partial charge on any atom is 0.0502 e. The van der Waals surface area contributed by atoms with E-state index < -0.39 is 0 Å². The zero-order valence-corrected chi connectivity index (χ0v) is 5.76. The van der Waals surface area contributed by atoms with E-state index in [9.17, 15) is 0 Å². The van der Waals surface area contributed by atoms with Crippen LogP contribution in [-0.2, 0) is 4.74 Å². The van der Waals surface area contributed by atoms with Gasteiger partial charge in [-0.2, -0.15) is 0 Å². The smallest absolute Gasteiger partial charge is 0.0502 e. The number of ether oxygens (including phenoxy) is 1. The second-order valence-corrected chi connectivity index (χ2v) is 2.16. The van der Waals surface area contributed by atoms with Gasteiger partial charge in [0.2, 0.25) is 0 Å². The van der Waals surface area contributed by atoms with Crippen LogP contribution >= 0.6 is 0 Å². The van der Waals surface area contributed by atoms with Crippen LogP contribution in [0.1, 0.15) is 12.8 Å². The van der Waals surface area contributed by atoms with Gasteiger partial charge in [-0.25, -0.2) is 0 Å². The lowest BCUT2D eigenvalue weighted by molar-refractivity contribution is 0.203. The van der Waals surface area contributed by atoms with Gasteiger partial charge in [0.1, 0.15) is 0 Å². The molecule has 0 aromatic rings. The summed E-state index contributed by atoms with van der Waals surface area (Å²) in [6.07, 6.45) is 8.75. The van der Waals surface area contributed by atoms with E-state index in [0.717, 1.165) is 19.4 Å². The second kappa shape index (κ2) is 3.46. The van der Waals surface area contributed by atoms with E-state index >= 15 is 0 Å². The van der Waals surface area contributed by atoms with Gasteiger partial charge >= 0.3 is 0 Å². The molecule has 0 spiro atoms. The lowest BCUT2D eigenvalue weighted by atomic mass is 10.2. The van der Waals surface area contributed by atoms with Crippen LogP contribution in [0.5, 0.6) is 0 Å². The summed E-state index contributed by atoms with van der Waals surface area (Å²) in [4.78, 5) is 0. The SMILES string of the molecule is COCCC1=CCC=C1. The quantitative estimate of drug-likeness (QED) is 0.558. The zero-order valence-electron chi connectivity index (χ0n) is 5.76. The Hall–Kier alpha value is -0.560. The average molecular weight is 124 g/mol. The Labute approximate surface area is 56.0 Å². The highest BCUT2D eigenvalue weighted by Gasteiger charge is 1.95. The van der Waals surface area contributed by atoms with Crippen LogP contribution in [0.15, 0.2) is 23.8 Å². The molecule has 0 fully saturated rings. The summed E-state index contributed by atoms with van der Waals surface area (Å²) in [6, 6.07) is 0. The van der Waals surface area contributed by atoms with Gasteiger partial charge in [0.05, 0.1) is 6.61 Å². The molecule has 1 heteroatoms. The normalized spacial score (nSPS) is 16.3. The third kappa shape index (κ3) is 2.02. The summed E-state index contributed by atoms with van der Waals surface area (Å²) < 4.78 is 4.93. The Bertz CT molecular complexity index is 134. The van der Waals surface area contributed by atoms with E-state index in [1.807, 2.05) is 0 Å². The van der Waals surface area contributed by atoms with E-state index in [2.05, 4.69) is 18.2 Å². The van der Waals surface area contributed by atoms with Crippen molar-refractivity contribution in [2.45, 2.75) is 12.8 Å². The molecule has 0 radical (unpaired) electrons. The van der Waals surface area contributed by atoms with Crippen molar-refractivity contribution in [2.75, 3.05) is 13.7 Å². The van der Waals surface area contributed by atoms with Gasteiger partial charge in [0, 0.05) is 7.11 Å². The summed E-state index contributed by atoms with van der Waals surface area (Å²) >= 11 is 0. The molecule has 0 unspecified atom stereocenters. The third-order valence-corrected chi connectivity index (χ3v) is 1.44. The van der Waals surface area contributed by atoms with Crippen LogP contribution in [0, 0.1) is 0 Å². The van der Waals surface area contributed by atoms with Crippen molar-refractivity contribution in [1.29, 1.82) is 0 Å². The number of rotatable bonds is 3. The van der Waals surface area contributed by atoms with Gasteiger partial charge in [-0.3, -0.25) is 0 Å². The second-order valence-electron chi connectivity index (χ2n) is 2.16. The van der Waals surface area contributed by atoms with Gasteiger partial charge in [-0.15, -0.1) is 0 Å². The monoisotopic (exact) mass is 124 g/mol. The van der Waals surface area contributed by atoms with E-state index in [-0.39, 0.29) is 0 Å². The molecule has 1 aliphatic carbocycles. The summed E-state index contributed by atoms with van der Waals surface area (Å²) in [7, 11) is 1.74. The summed E-state index contributed by atoms with van der Waals surface area (Å²) in [6.45, 7) is 0.843. The zero-order chi connectivity index (χ0) is 6.53.